The maximum Gasteiger partial charge on any atom is 0.303 e. The number of aryl methyl sites for hydroxylation is 1. The maximum absolute atomic E-state index is 10.1. The van der Waals surface area contributed by atoms with Gasteiger partial charge in [0.15, 0.2) is 0 Å². The molecule has 1 aromatic rings. The molecule has 0 amide bonds. The predicted octanol–water partition coefficient (Wildman–Crippen LogP) is 1.94. The van der Waals surface area contributed by atoms with Crippen LogP contribution in [0.1, 0.15) is 24.3 Å². The zero-order valence-electron chi connectivity index (χ0n) is 6.69. The van der Waals surface area contributed by atoms with Crippen LogP contribution in [0.4, 0.5) is 0 Å². The fourth-order valence-corrected chi connectivity index (χ4v) is 1.59. The van der Waals surface area contributed by atoms with E-state index in [1.807, 2.05) is 5.38 Å². The predicted molar refractivity (Wildman–Crippen MR) is 47.3 cm³/mol. The summed E-state index contributed by atoms with van der Waals surface area (Å²) in [7, 11) is 0. The molecule has 0 atom stereocenters. The Labute approximate surface area is 75.1 Å². The van der Waals surface area contributed by atoms with E-state index in [0.29, 0.717) is 0 Å². The van der Waals surface area contributed by atoms with Crippen LogP contribution in [0.3, 0.4) is 0 Å². The Morgan fingerprint density at radius 2 is 2.42 bits per heavy atom. The van der Waals surface area contributed by atoms with Gasteiger partial charge in [-0.2, -0.15) is 0 Å². The Hall–Kier alpha value is -0.900. The fraction of sp³-hybridized carbons (Fsp3) is 0.500. The topological polar surface area (TPSA) is 50.2 Å². The summed E-state index contributed by atoms with van der Waals surface area (Å²) in [6.45, 7) is 0. The van der Waals surface area contributed by atoms with Crippen LogP contribution in [0.2, 0.25) is 0 Å². The minimum absolute atomic E-state index is 0.269. The molecule has 0 saturated heterocycles. The number of nitrogens with zero attached hydrogens (tertiary/aromatic N) is 1. The van der Waals surface area contributed by atoms with Crippen molar-refractivity contribution < 1.29 is 9.90 Å². The Balaban J connectivity index is 2.07. The van der Waals surface area contributed by atoms with E-state index in [9.17, 15) is 4.79 Å². The SMILES string of the molecule is O=C(O)CCCCc1nccs1. The molecule has 0 aromatic carbocycles. The molecule has 0 bridgehead atoms. The molecular formula is C8H11NO2S. The number of hydrogen-bond acceptors (Lipinski definition) is 3. The van der Waals surface area contributed by atoms with Gasteiger partial charge in [-0.15, -0.1) is 11.3 Å². The van der Waals surface area contributed by atoms with Gasteiger partial charge < -0.3 is 5.11 Å². The molecule has 1 N–H and O–H groups in total. The second-order valence-corrected chi connectivity index (χ2v) is 3.51. The van der Waals surface area contributed by atoms with Gasteiger partial charge in [0.1, 0.15) is 0 Å². The van der Waals surface area contributed by atoms with E-state index in [0.717, 1.165) is 24.3 Å². The first-order valence-corrected chi connectivity index (χ1v) is 4.77. The number of carboxylic acids is 1. The molecular weight excluding hydrogens is 174 g/mol. The molecule has 1 rings (SSSR count). The Bertz CT molecular complexity index is 233. The Morgan fingerprint density at radius 3 is 3.00 bits per heavy atom. The zero-order valence-corrected chi connectivity index (χ0v) is 7.51. The van der Waals surface area contributed by atoms with E-state index in [2.05, 4.69) is 4.98 Å². The van der Waals surface area contributed by atoms with Gasteiger partial charge in [-0.05, 0) is 19.3 Å². The van der Waals surface area contributed by atoms with Gasteiger partial charge in [0.2, 0.25) is 0 Å². The third kappa shape index (κ3) is 3.48. The first kappa shape index (κ1) is 9.19. The first-order chi connectivity index (χ1) is 5.79. The number of unbranched alkanes of at least 4 members (excludes halogenated alkanes) is 1. The molecule has 12 heavy (non-hydrogen) atoms. The number of carbonyl (C=O) groups is 1. The van der Waals surface area contributed by atoms with Crippen LogP contribution in [0.15, 0.2) is 11.6 Å². The standard InChI is InChI=1S/C8H11NO2S/c10-8(11)4-2-1-3-7-9-5-6-12-7/h5-6H,1-4H2,(H,10,11). The van der Waals surface area contributed by atoms with Crippen LogP contribution in [0.5, 0.6) is 0 Å². The van der Waals surface area contributed by atoms with Gasteiger partial charge in [0.25, 0.3) is 0 Å². The zero-order chi connectivity index (χ0) is 8.81. The van der Waals surface area contributed by atoms with Gasteiger partial charge in [-0.25, -0.2) is 4.98 Å². The Morgan fingerprint density at radius 1 is 1.58 bits per heavy atom. The highest BCUT2D eigenvalue weighted by Gasteiger charge is 1.98. The van der Waals surface area contributed by atoms with Crippen molar-refractivity contribution in [3.05, 3.63) is 16.6 Å². The average molecular weight is 185 g/mol. The number of aromatic nitrogens is 1. The summed E-state index contributed by atoms with van der Waals surface area (Å²) in [6.07, 6.45) is 4.61. The van der Waals surface area contributed by atoms with E-state index in [4.69, 9.17) is 5.11 Å². The molecule has 0 aliphatic carbocycles. The lowest BCUT2D eigenvalue weighted by atomic mass is 10.2. The van der Waals surface area contributed by atoms with Crippen molar-refractivity contribution in [3.63, 3.8) is 0 Å². The second kappa shape index (κ2) is 4.87. The summed E-state index contributed by atoms with van der Waals surface area (Å²) < 4.78 is 0. The average Bonchev–Trinajstić information content (AvgIpc) is 2.49. The normalized spacial score (nSPS) is 10.0. The Kier molecular flexibility index (Phi) is 3.73. The van der Waals surface area contributed by atoms with Crippen LogP contribution in [0.25, 0.3) is 0 Å². The third-order valence-corrected chi connectivity index (χ3v) is 2.35. The van der Waals surface area contributed by atoms with Crippen molar-refractivity contribution in [1.82, 2.24) is 4.98 Å². The molecule has 3 nitrogen and oxygen atoms in total. The van der Waals surface area contributed by atoms with E-state index < -0.39 is 5.97 Å². The lowest BCUT2D eigenvalue weighted by molar-refractivity contribution is -0.137. The van der Waals surface area contributed by atoms with Crippen LogP contribution in [-0.4, -0.2) is 16.1 Å². The number of rotatable bonds is 5. The summed E-state index contributed by atoms with van der Waals surface area (Å²) >= 11 is 1.62. The van der Waals surface area contributed by atoms with Crippen molar-refractivity contribution in [2.24, 2.45) is 0 Å². The molecule has 1 aromatic heterocycles. The van der Waals surface area contributed by atoms with E-state index in [1.165, 1.54) is 0 Å². The molecule has 0 aliphatic heterocycles. The van der Waals surface area contributed by atoms with E-state index >= 15 is 0 Å². The molecule has 4 heteroatoms. The lowest BCUT2D eigenvalue weighted by Gasteiger charge is -1.94. The number of carboxylic acid groups (broad SMARTS) is 1. The van der Waals surface area contributed by atoms with Crippen molar-refractivity contribution in [2.45, 2.75) is 25.7 Å². The van der Waals surface area contributed by atoms with Crippen molar-refractivity contribution >= 4 is 17.3 Å². The van der Waals surface area contributed by atoms with Gasteiger partial charge in [-0.1, -0.05) is 0 Å². The minimum Gasteiger partial charge on any atom is -0.481 e. The van der Waals surface area contributed by atoms with Gasteiger partial charge in [0.05, 0.1) is 5.01 Å². The summed E-state index contributed by atoms with van der Waals surface area (Å²) in [5.74, 6) is -0.714. The highest BCUT2D eigenvalue weighted by Crippen LogP contribution is 2.08. The number of aliphatic carboxylic acids is 1. The smallest absolute Gasteiger partial charge is 0.303 e. The lowest BCUT2D eigenvalue weighted by Crippen LogP contribution is -1.94. The summed E-state index contributed by atoms with van der Waals surface area (Å²) in [5, 5.41) is 11.4. The van der Waals surface area contributed by atoms with Crippen molar-refractivity contribution in [1.29, 1.82) is 0 Å². The van der Waals surface area contributed by atoms with E-state index in [-0.39, 0.29) is 6.42 Å². The molecule has 0 fully saturated rings. The van der Waals surface area contributed by atoms with Crippen LogP contribution in [0, 0.1) is 0 Å². The monoisotopic (exact) mass is 185 g/mol. The second-order valence-electron chi connectivity index (χ2n) is 2.53. The molecule has 66 valence electrons. The molecule has 1 heterocycles. The van der Waals surface area contributed by atoms with E-state index in [1.54, 1.807) is 17.5 Å². The highest BCUT2D eigenvalue weighted by atomic mass is 32.1. The maximum atomic E-state index is 10.1. The van der Waals surface area contributed by atoms with Crippen LogP contribution in [-0.2, 0) is 11.2 Å². The summed E-state index contributed by atoms with van der Waals surface area (Å²) in [4.78, 5) is 14.3. The quantitative estimate of drug-likeness (QED) is 0.713. The number of hydrogen-bond donors (Lipinski definition) is 1. The van der Waals surface area contributed by atoms with Gasteiger partial charge in [-0.3, -0.25) is 4.79 Å². The first-order valence-electron chi connectivity index (χ1n) is 3.89. The van der Waals surface area contributed by atoms with Crippen molar-refractivity contribution in [2.75, 3.05) is 0 Å². The van der Waals surface area contributed by atoms with Gasteiger partial charge >= 0.3 is 5.97 Å². The van der Waals surface area contributed by atoms with Gasteiger partial charge in [0, 0.05) is 18.0 Å². The molecule has 0 aliphatic rings. The van der Waals surface area contributed by atoms with Crippen LogP contribution < -0.4 is 0 Å². The molecule has 0 unspecified atom stereocenters. The van der Waals surface area contributed by atoms with Crippen molar-refractivity contribution in [3.8, 4) is 0 Å². The molecule has 0 saturated carbocycles. The summed E-state index contributed by atoms with van der Waals surface area (Å²) in [6, 6.07) is 0. The largest absolute Gasteiger partial charge is 0.481 e. The molecule has 0 spiro atoms. The molecule has 0 radical (unpaired) electrons. The summed E-state index contributed by atoms with van der Waals surface area (Å²) in [5.41, 5.74) is 0. The number of thiazole rings is 1. The minimum atomic E-state index is -0.714. The fourth-order valence-electron chi connectivity index (χ4n) is 0.929. The highest BCUT2D eigenvalue weighted by molar-refractivity contribution is 7.09. The van der Waals surface area contributed by atoms with Crippen LogP contribution >= 0.6 is 11.3 Å². The third-order valence-electron chi connectivity index (χ3n) is 1.51.